The summed E-state index contributed by atoms with van der Waals surface area (Å²) in [6, 6.07) is 12.7. The molecule has 3 rings (SSSR count). The van der Waals surface area contributed by atoms with Gasteiger partial charge in [0.15, 0.2) is 0 Å². The predicted molar refractivity (Wildman–Crippen MR) is 112 cm³/mol. The highest BCUT2D eigenvalue weighted by Crippen LogP contribution is 2.33. The van der Waals surface area contributed by atoms with Gasteiger partial charge < -0.3 is 0 Å². The van der Waals surface area contributed by atoms with E-state index < -0.39 is 0 Å². The van der Waals surface area contributed by atoms with Gasteiger partial charge in [-0.2, -0.15) is 5.10 Å². The van der Waals surface area contributed by atoms with Crippen LogP contribution in [0.15, 0.2) is 47.6 Å². The van der Waals surface area contributed by atoms with Gasteiger partial charge in [0.25, 0.3) is 0 Å². The molecule has 0 unspecified atom stereocenters. The minimum absolute atomic E-state index is 0.00134. The van der Waals surface area contributed by atoms with E-state index in [2.05, 4.69) is 16.0 Å². The molecular weight excluding hydrogens is 423 g/mol. The highest BCUT2D eigenvalue weighted by Gasteiger charge is 2.22. The van der Waals surface area contributed by atoms with Crippen LogP contribution in [0.5, 0.6) is 0 Å². The van der Waals surface area contributed by atoms with Crippen molar-refractivity contribution in [3.63, 3.8) is 0 Å². The topological polar surface area (TPSA) is 73.8 Å². The number of amides is 2. The Morgan fingerprint density at radius 1 is 1.04 bits per heavy atom. The summed E-state index contributed by atoms with van der Waals surface area (Å²) < 4.78 is 0. The van der Waals surface area contributed by atoms with Gasteiger partial charge in [-0.15, -0.1) is 0 Å². The van der Waals surface area contributed by atoms with E-state index in [0.29, 0.717) is 23.7 Å². The molecule has 1 aliphatic heterocycles. The van der Waals surface area contributed by atoms with Crippen LogP contribution in [0.4, 0.5) is 5.69 Å². The van der Waals surface area contributed by atoms with Gasteiger partial charge in [-0.25, -0.2) is 5.01 Å². The Morgan fingerprint density at radius 2 is 1.71 bits per heavy atom. The fraction of sp³-hybridized carbons (Fsp3) is 0.211. The summed E-state index contributed by atoms with van der Waals surface area (Å²) >= 11 is 17.9. The third kappa shape index (κ3) is 5.16. The zero-order chi connectivity index (χ0) is 20.1. The van der Waals surface area contributed by atoms with Gasteiger partial charge in [0.1, 0.15) is 0 Å². The maximum absolute atomic E-state index is 12.3. The van der Waals surface area contributed by atoms with Crippen LogP contribution < -0.4 is 10.9 Å². The number of nitrogens with zero attached hydrogens (tertiary/aromatic N) is 2. The maximum Gasteiger partial charge on any atom is 0.243 e. The van der Waals surface area contributed by atoms with Crippen molar-refractivity contribution in [1.82, 2.24) is 10.4 Å². The highest BCUT2D eigenvalue weighted by molar-refractivity contribution is 6.41. The molecule has 2 aromatic rings. The molecule has 0 saturated carbocycles. The minimum atomic E-state index is -0.373. The fourth-order valence-corrected chi connectivity index (χ4v) is 3.59. The number of rotatable bonds is 6. The summed E-state index contributed by atoms with van der Waals surface area (Å²) in [7, 11) is 0. The molecule has 0 aliphatic carbocycles. The maximum atomic E-state index is 12.3. The van der Waals surface area contributed by atoms with Crippen LogP contribution in [0.1, 0.15) is 24.8 Å². The molecule has 2 N–H and O–H groups in total. The van der Waals surface area contributed by atoms with Crippen molar-refractivity contribution in [3.05, 3.63) is 63.1 Å². The molecule has 1 aliphatic rings. The molecule has 28 heavy (non-hydrogen) atoms. The molecule has 146 valence electrons. The smallest absolute Gasteiger partial charge is 0.243 e. The largest absolute Gasteiger partial charge is 0.296 e. The van der Waals surface area contributed by atoms with Crippen molar-refractivity contribution in [2.45, 2.75) is 19.3 Å². The van der Waals surface area contributed by atoms with Crippen molar-refractivity contribution >= 4 is 58.0 Å². The van der Waals surface area contributed by atoms with Crippen LogP contribution in [0.25, 0.3) is 0 Å². The Kier molecular flexibility index (Phi) is 6.78. The lowest BCUT2D eigenvalue weighted by atomic mass is 10.1. The lowest BCUT2D eigenvalue weighted by Gasteiger charge is -2.13. The Labute approximate surface area is 177 Å². The Bertz CT molecular complexity index is 896. The third-order valence-electron chi connectivity index (χ3n) is 4.10. The fourth-order valence-electron chi connectivity index (χ4n) is 2.68. The average Bonchev–Trinajstić information content (AvgIpc) is 3.16. The van der Waals surface area contributed by atoms with E-state index in [9.17, 15) is 9.59 Å². The molecule has 6 nitrogen and oxygen atoms in total. The van der Waals surface area contributed by atoms with Crippen molar-refractivity contribution in [2.24, 2.45) is 5.10 Å². The first-order valence-corrected chi connectivity index (χ1v) is 9.70. The monoisotopic (exact) mass is 438 g/mol. The molecule has 2 amide bonds. The summed E-state index contributed by atoms with van der Waals surface area (Å²) in [5.74, 6) is -0.578. The van der Waals surface area contributed by atoms with Crippen LogP contribution in [-0.2, 0) is 9.59 Å². The second-order valence-electron chi connectivity index (χ2n) is 6.10. The number of anilines is 1. The molecule has 1 heterocycles. The Hall–Kier alpha value is -2.28. The molecule has 0 saturated heterocycles. The molecule has 0 aromatic heterocycles. The summed E-state index contributed by atoms with van der Waals surface area (Å²) in [5.41, 5.74) is 7.33. The number of benzene rings is 2. The molecule has 0 fully saturated rings. The normalized spacial score (nSPS) is 13.2. The van der Waals surface area contributed by atoms with Gasteiger partial charge in [-0.3, -0.25) is 20.4 Å². The van der Waals surface area contributed by atoms with E-state index >= 15 is 0 Å². The summed E-state index contributed by atoms with van der Waals surface area (Å²) in [6.45, 7) is 0.513. The van der Waals surface area contributed by atoms with Crippen molar-refractivity contribution in [2.75, 3.05) is 12.0 Å². The number of carbonyl (C=O) groups is 2. The standard InChI is InChI=1S/C19H17Cl3N4O2/c20-13-10-14(21)19(15(22)11-13)24-23-17(27)6-7-18(28)26-9-8-16(25-26)12-4-2-1-3-5-12/h1-5,10-11,24H,6-9H2,(H,23,27). The van der Waals surface area contributed by atoms with Gasteiger partial charge in [0.2, 0.25) is 11.8 Å². The van der Waals surface area contributed by atoms with E-state index in [4.69, 9.17) is 34.8 Å². The van der Waals surface area contributed by atoms with Crippen molar-refractivity contribution in [1.29, 1.82) is 0 Å². The number of halogens is 3. The first-order chi connectivity index (χ1) is 13.4. The minimum Gasteiger partial charge on any atom is -0.296 e. The van der Waals surface area contributed by atoms with Crippen LogP contribution >= 0.6 is 34.8 Å². The SMILES string of the molecule is O=C(CCC(=O)N1CCC(c2ccccc2)=N1)NNc1c(Cl)cc(Cl)cc1Cl. The third-order valence-corrected chi connectivity index (χ3v) is 4.91. The van der Waals surface area contributed by atoms with Gasteiger partial charge in [0, 0.05) is 24.3 Å². The van der Waals surface area contributed by atoms with Gasteiger partial charge in [-0.1, -0.05) is 65.1 Å². The van der Waals surface area contributed by atoms with E-state index in [-0.39, 0.29) is 34.7 Å². The second kappa shape index (κ2) is 9.28. The number of hydrazone groups is 1. The number of hydrazine groups is 1. The van der Waals surface area contributed by atoms with Gasteiger partial charge >= 0.3 is 0 Å². The van der Waals surface area contributed by atoms with Gasteiger partial charge in [0.05, 0.1) is 28.0 Å². The number of carbonyl (C=O) groups excluding carboxylic acids is 2. The first kappa shape index (κ1) is 20.5. The van der Waals surface area contributed by atoms with Crippen LogP contribution in [0.2, 0.25) is 15.1 Å². The van der Waals surface area contributed by atoms with Gasteiger partial charge in [-0.05, 0) is 17.7 Å². The van der Waals surface area contributed by atoms with Crippen LogP contribution in [0, 0.1) is 0 Å². The number of hydrogen-bond donors (Lipinski definition) is 2. The molecule has 9 heteroatoms. The number of nitrogens with one attached hydrogen (secondary N) is 2. The molecule has 0 atom stereocenters. The summed E-state index contributed by atoms with van der Waals surface area (Å²) in [5, 5.41) is 6.71. The second-order valence-corrected chi connectivity index (χ2v) is 7.35. The number of hydrogen-bond acceptors (Lipinski definition) is 4. The van der Waals surface area contributed by atoms with Crippen LogP contribution in [0.3, 0.4) is 0 Å². The Balaban J connectivity index is 1.49. The highest BCUT2D eigenvalue weighted by atomic mass is 35.5. The zero-order valence-corrected chi connectivity index (χ0v) is 17.0. The average molecular weight is 440 g/mol. The molecule has 0 spiro atoms. The lowest BCUT2D eigenvalue weighted by molar-refractivity contribution is -0.133. The molecule has 0 radical (unpaired) electrons. The molecule has 0 bridgehead atoms. The Morgan fingerprint density at radius 3 is 2.39 bits per heavy atom. The van der Waals surface area contributed by atoms with E-state index in [1.165, 1.54) is 17.1 Å². The van der Waals surface area contributed by atoms with E-state index in [0.717, 1.165) is 11.3 Å². The van der Waals surface area contributed by atoms with Crippen molar-refractivity contribution in [3.8, 4) is 0 Å². The predicted octanol–water partition coefficient (Wildman–Crippen LogP) is 4.51. The quantitative estimate of drug-likeness (QED) is 0.651. The zero-order valence-electron chi connectivity index (χ0n) is 14.7. The van der Waals surface area contributed by atoms with E-state index in [1.54, 1.807) is 0 Å². The van der Waals surface area contributed by atoms with Crippen molar-refractivity contribution < 1.29 is 9.59 Å². The summed E-state index contributed by atoms with van der Waals surface area (Å²) in [4.78, 5) is 24.3. The lowest BCUT2D eigenvalue weighted by Crippen LogP contribution is -2.31. The first-order valence-electron chi connectivity index (χ1n) is 8.56. The molecular formula is C19H17Cl3N4O2. The van der Waals surface area contributed by atoms with Crippen LogP contribution in [-0.4, -0.2) is 29.1 Å². The summed E-state index contributed by atoms with van der Waals surface area (Å²) in [6.07, 6.45) is 0.736. The van der Waals surface area contributed by atoms with E-state index in [1.807, 2.05) is 30.3 Å². The molecule has 2 aromatic carbocycles.